The predicted octanol–water partition coefficient (Wildman–Crippen LogP) is 7.80. The number of hydrogen-bond donors (Lipinski definition) is 3. The van der Waals surface area contributed by atoms with Crippen LogP contribution in [0.3, 0.4) is 0 Å². The Morgan fingerprint density at radius 1 is 0.794 bits per heavy atom. The number of unbranched alkanes of at least 4 members (excludes halogenated alkanes) is 13. The van der Waals surface area contributed by atoms with Gasteiger partial charge in [0.2, 0.25) is 0 Å². The summed E-state index contributed by atoms with van der Waals surface area (Å²) in [5, 5.41) is 28.5. The molecule has 5 nitrogen and oxygen atoms in total. The maximum Gasteiger partial charge on any atom is 0.336 e. The van der Waals surface area contributed by atoms with Gasteiger partial charge in [-0.3, -0.25) is 0 Å². The molecule has 3 N–H and O–H groups in total. The summed E-state index contributed by atoms with van der Waals surface area (Å²) in [7, 11) is 0. The number of carboxylic acids is 2. The van der Waals surface area contributed by atoms with Gasteiger partial charge in [0.15, 0.2) is 6.10 Å². The van der Waals surface area contributed by atoms with E-state index in [1.807, 2.05) is 6.92 Å². The highest BCUT2D eigenvalue weighted by Gasteiger charge is 2.32. The van der Waals surface area contributed by atoms with E-state index in [9.17, 15) is 24.9 Å². The molecule has 0 saturated heterocycles. The first kappa shape index (κ1) is 30.5. The fourth-order valence-electron chi connectivity index (χ4n) is 4.35. The summed E-state index contributed by atoms with van der Waals surface area (Å²) in [6, 6.07) is 6.56. The van der Waals surface area contributed by atoms with Crippen LogP contribution in [0.15, 0.2) is 29.2 Å². The quantitative estimate of drug-likeness (QED) is 0.119. The summed E-state index contributed by atoms with van der Waals surface area (Å²) >= 11 is 1.16. The molecule has 194 valence electrons. The third kappa shape index (κ3) is 12.8. The average Bonchev–Trinajstić information content (AvgIpc) is 2.82. The second-order valence-corrected chi connectivity index (χ2v) is 10.7. The summed E-state index contributed by atoms with van der Waals surface area (Å²) < 4.78 is 0. The van der Waals surface area contributed by atoms with Crippen molar-refractivity contribution < 1.29 is 24.9 Å². The highest BCUT2D eigenvalue weighted by molar-refractivity contribution is 8.00. The number of aliphatic carboxylic acids is 1. The SMILES string of the molecule is CCCCCCCCCCCCCCCCC(C)C(Sc1ccccc1C(=O)O)C(O)C(=O)O. The maximum absolute atomic E-state index is 11.5. The number of benzene rings is 1. The van der Waals surface area contributed by atoms with Gasteiger partial charge in [0.05, 0.1) is 5.56 Å². The predicted molar refractivity (Wildman–Crippen MR) is 141 cm³/mol. The topological polar surface area (TPSA) is 94.8 Å². The molecule has 3 unspecified atom stereocenters. The van der Waals surface area contributed by atoms with Gasteiger partial charge < -0.3 is 15.3 Å². The molecule has 0 fully saturated rings. The molecule has 0 bridgehead atoms. The van der Waals surface area contributed by atoms with Crippen LogP contribution in [0.5, 0.6) is 0 Å². The van der Waals surface area contributed by atoms with Gasteiger partial charge in [-0.05, 0) is 24.5 Å². The van der Waals surface area contributed by atoms with E-state index in [1.165, 1.54) is 83.1 Å². The molecule has 0 amide bonds. The molecular formula is C28H46O5S. The molecule has 1 aromatic carbocycles. The monoisotopic (exact) mass is 494 g/mol. The second-order valence-electron chi connectivity index (χ2n) is 9.53. The van der Waals surface area contributed by atoms with Gasteiger partial charge in [-0.25, -0.2) is 9.59 Å². The van der Waals surface area contributed by atoms with Crippen molar-refractivity contribution in [2.75, 3.05) is 0 Å². The molecule has 0 spiro atoms. The zero-order valence-electron chi connectivity index (χ0n) is 21.2. The van der Waals surface area contributed by atoms with E-state index in [0.29, 0.717) is 4.90 Å². The lowest BCUT2D eigenvalue weighted by Crippen LogP contribution is -2.36. The van der Waals surface area contributed by atoms with Crippen molar-refractivity contribution in [2.45, 2.75) is 126 Å². The lowest BCUT2D eigenvalue weighted by molar-refractivity contribution is -0.147. The lowest BCUT2D eigenvalue weighted by Gasteiger charge is -2.26. The third-order valence-corrected chi connectivity index (χ3v) is 8.12. The smallest absolute Gasteiger partial charge is 0.336 e. The Morgan fingerprint density at radius 3 is 1.74 bits per heavy atom. The number of carbonyl (C=O) groups is 2. The molecule has 1 rings (SSSR count). The van der Waals surface area contributed by atoms with Gasteiger partial charge in [-0.1, -0.05) is 116 Å². The van der Waals surface area contributed by atoms with Gasteiger partial charge in [-0.15, -0.1) is 11.8 Å². The van der Waals surface area contributed by atoms with E-state index in [-0.39, 0.29) is 11.5 Å². The van der Waals surface area contributed by atoms with E-state index in [0.717, 1.165) is 31.0 Å². The Labute approximate surface area is 210 Å². The van der Waals surface area contributed by atoms with Crippen molar-refractivity contribution in [3.63, 3.8) is 0 Å². The first-order valence-corrected chi connectivity index (χ1v) is 14.2. The van der Waals surface area contributed by atoms with Crippen molar-refractivity contribution in [3.8, 4) is 0 Å². The summed E-state index contributed by atoms with van der Waals surface area (Å²) in [4.78, 5) is 23.5. The molecule has 34 heavy (non-hydrogen) atoms. The fourth-order valence-corrected chi connectivity index (χ4v) is 5.70. The van der Waals surface area contributed by atoms with Crippen LogP contribution in [0.4, 0.5) is 0 Å². The Hall–Kier alpha value is -1.53. The Bertz CT molecular complexity index is 693. The van der Waals surface area contributed by atoms with Crippen molar-refractivity contribution in [1.29, 1.82) is 0 Å². The van der Waals surface area contributed by atoms with Crippen molar-refractivity contribution in [2.24, 2.45) is 5.92 Å². The second kappa shape index (κ2) is 18.8. The Balaban J connectivity index is 2.29. The van der Waals surface area contributed by atoms with Crippen LogP contribution in [0.2, 0.25) is 0 Å². The number of rotatable bonds is 21. The minimum atomic E-state index is -1.53. The molecule has 0 aliphatic rings. The zero-order valence-corrected chi connectivity index (χ0v) is 22.0. The van der Waals surface area contributed by atoms with Gasteiger partial charge in [0.1, 0.15) is 0 Å². The largest absolute Gasteiger partial charge is 0.479 e. The molecule has 6 heteroatoms. The van der Waals surface area contributed by atoms with Crippen LogP contribution in [-0.2, 0) is 4.79 Å². The zero-order chi connectivity index (χ0) is 25.2. The number of thioether (sulfide) groups is 1. The molecule has 0 heterocycles. The van der Waals surface area contributed by atoms with Gasteiger partial charge in [-0.2, -0.15) is 0 Å². The van der Waals surface area contributed by atoms with E-state index >= 15 is 0 Å². The normalized spacial score (nSPS) is 14.0. The number of carboxylic acid groups (broad SMARTS) is 2. The van der Waals surface area contributed by atoms with Crippen LogP contribution in [-0.4, -0.2) is 38.6 Å². The summed E-state index contributed by atoms with van der Waals surface area (Å²) in [6.45, 7) is 4.21. The van der Waals surface area contributed by atoms with E-state index in [4.69, 9.17) is 0 Å². The Kier molecular flexibility index (Phi) is 16.8. The van der Waals surface area contributed by atoms with Crippen molar-refractivity contribution in [3.05, 3.63) is 29.8 Å². The standard InChI is InChI=1S/C28H46O5S/c1-3-4-5-6-7-8-9-10-11-12-13-14-15-16-19-22(2)26(25(29)28(32)33)34-24-21-18-17-20-23(24)27(30)31/h17-18,20-22,25-26,29H,3-16,19H2,1-2H3,(H,30,31)(H,32,33). The highest BCUT2D eigenvalue weighted by atomic mass is 32.2. The molecule has 0 aromatic heterocycles. The van der Waals surface area contributed by atoms with Crippen LogP contribution in [0.25, 0.3) is 0 Å². The van der Waals surface area contributed by atoms with Crippen molar-refractivity contribution in [1.82, 2.24) is 0 Å². The summed E-state index contributed by atoms with van der Waals surface area (Å²) in [5.41, 5.74) is 0.138. The number of aliphatic hydroxyl groups is 1. The molecule has 1 aromatic rings. The first-order valence-electron chi connectivity index (χ1n) is 13.3. The maximum atomic E-state index is 11.5. The average molecular weight is 495 g/mol. The number of aromatic carboxylic acids is 1. The molecule has 0 aliphatic heterocycles. The molecule has 0 aliphatic carbocycles. The Morgan fingerprint density at radius 2 is 1.26 bits per heavy atom. The van der Waals surface area contributed by atoms with Crippen LogP contribution in [0, 0.1) is 5.92 Å². The van der Waals surface area contributed by atoms with Gasteiger partial charge >= 0.3 is 11.9 Å². The van der Waals surface area contributed by atoms with Crippen LogP contribution < -0.4 is 0 Å². The number of hydrogen-bond acceptors (Lipinski definition) is 4. The van der Waals surface area contributed by atoms with Gasteiger partial charge in [0.25, 0.3) is 0 Å². The molecular weight excluding hydrogens is 448 g/mol. The van der Waals surface area contributed by atoms with E-state index < -0.39 is 23.3 Å². The van der Waals surface area contributed by atoms with Crippen molar-refractivity contribution >= 4 is 23.7 Å². The summed E-state index contributed by atoms with van der Waals surface area (Å²) in [6.07, 6.45) is 17.3. The van der Waals surface area contributed by atoms with E-state index in [1.54, 1.807) is 18.2 Å². The third-order valence-electron chi connectivity index (χ3n) is 6.52. The van der Waals surface area contributed by atoms with Gasteiger partial charge in [0, 0.05) is 10.1 Å². The van der Waals surface area contributed by atoms with E-state index in [2.05, 4.69) is 6.92 Å². The molecule has 0 radical (unpaired) electrons. The van der Waals surface area contributed by atoms with Crippen LogP contribution in [0.1, 0.15) is 121 Å². The fraction of sp³-hybridized carbons (Fsp3) is 0.714. The molecule has 0 saturated carbocycles. The molecule has 3 atom stereocenters. The number of aliphatic hydroxyl groups excluding tert-OH is 1. The minimum Gasteiger partial charge on any atom is -0.479 e. The lowest BCUT2D eigenvalue weighted by atomic mass is 9.95. The minimum absolute atomic E-state index is 0.0460. The first-order chi connectivity index (χ1) is 16.4. The summed E-state index contributed by atoms with van der Waals surface area (Å²) in [5.74, 6) is -2.36. The van der Waals surface area contributed by atoms with Crippen LogP contribution >= 0.6 is 11.8 Å². The highest BCUT2D eigenvalue weighted by Crippen LogP contribution is 2.35.